The van der Waals surface area contributed by atoms with Crippen LogP contribution in [0.5, 0.6) is 0 Å². The van der Waals surface area contributed by atoms with Crippen molar-refractivity contribution in [1.29, 1.82) is 0 Å². The topological polar surface area (TPSA) is 75.4 Å². The van der Waals surface area contributed by atoms with E-state index in [9.17, 15) is 9.59 Å². The Morgan fingerprint density at radius 2 is 1.82 bits per heavy atom. The fourth-order valence-electron chi connectivity index (χ4n) is 3.43. The molecular formula is C15H17Cl2N3O2. The summed E-state index contributed by atoms with van der Waals surface area (Å²) in [6.45, 7) is 0.350. The number of hydrogen-bond donors (Lipinski definition) is 2. The number of primary amides is 1. The summed E-state index contributed by atoms with van der Waals surface area (Å²) in [7, 11) is 0. The molecule has 0 spiro atoms. The lowest BCUT2D eigenvalue weighted by Crippen LogP contribution is -2.70. The SMILES string of the molecule is NC(=O)NCC(=O)N(Cc1cc(Cl)cc(Cl)c1)C12CC(C1)C2. The van der Waals surface area contributed by atoms with Crippen LogP contribution in [-0.2, 0) is 11.3 Å². The lowest BCUT2D eigenvalue weighted by atomic mass is 9.49. The van der Waals surface area contributed by atoms with Gasteiger partial charge in [-0.05, 0) is 48.9 Å². The highest BCUT2D eigenvalue weighted by Gasteiger charge is 2.60. The van der Waals surface area contributed by atoms with Crippen molar-refractivity contribution in [3.8, 4) is 0 Å². The number of rotatable bonds is 5. The van der Waals surface area contributed by atoms with Gasteiger partial charge in [0, 0.05) is 22.1 Å². The minimum Gasteiger partial charge on any atom is -0.352 e. The maximum absolute atomic E-state index is 12.5. The highest BCUT2D eigenvalue weighted by Crippen LogP contribution is 2.60. The molecule has 7 heteroatoms. The van der Waals surface area contributed by atoms with Gasteiger partial charge in [0.2, 0.25) is 5.91 Å². The maximum atomic E-state index is 12.5. The minimum absolute atomic E-state index is 0.0597. The molecule has 0 aromatic heterocycles. The highest BCUT2D eigenvalue weighted by molar-refractivity contribution is 6.34. The summed E-state index contributed by atoms with van der Waals surface area (Å²) in [6, 6.07) is 4.58. The standard InChI is InChI=1S/C15H17Cl2N3O2/c16-11-1-9(2-12(17)3-11)8-20(13(21)7-19-14(18)22)15-4-10(5-15)6-15/h1-3,10H,4-8H2,(H3,18,19,22). The van der Waals surface area contributed by atoms with Gasteiger partial charge in [0.15, 0.2) is 0 Å². The van der Waals surface area contributed by atoms with Gasteiger partial charge in [-0.3, -0.25) is 4.79 Å². The predicted molar refractivity (Wildman–Crippen MR) is 84.7 cm³/mol. The summed E-state index contributed by atoms with van der Waals surface area (Å²) in [6.07, 6.45) is 3.09. The average molecular weight is 342 g/mol. The summed E-state index contributed by atoms with van der Waals surface area (Å²) >= 11 is 12.1. The van der Waals surface area contributed by atoms with Gasteiger partial charge in [-0.15, -0.1) is 0 Å². The fourth-order valence-corrected chi connectivity index (χ4v) is 4.00. The van der Waals surface area contributed by atoms with E-state index in [1.54, 1.807) is 18.2 Å². The molecule has 0 atom stereocenters. The van der Waals surface area contributed by atoms with Crippen LogP contribution in [0.2, 0.25) is 10.0 Å². The molecule has 3 aliphatic carbocycles. The molecule has 3 N–H and O–H groups in total. The van der Waals surface area contributed by atoms with E-state index in [1.165, 1.54) is 0 Å². The molecule has 22 heavy (non-hydrogen) atoms. The van der Waals surface area contributed by atoms with Crippen molar-refractivity contribution < 1.29 is 9.59 Å². The summed E-state index contributed by atoms with van der Waals surface area (Å²) < 4.78 is 0. The number of nitrogens with one attached hydrogen (secondary N) is 1. The molecule has 3 amide bonds. The van der Waals surface area contributed by atoms with Crippen molar-refractivity contribution in [2.24, 2.45) is 11.7 Å². The minimum atomic E-state index is -0.698. The molecule has 1 aromatic carbocycles. The molecule has 118 valence electrons. The first-order chi connectivity index (χ1) is 10.4. The Balaban J connectivity index is 1.76. The second kappa shape index (κ2) is 5.63. The predicted octanol–water partition coefficient (Wildman–Crippen LogP) is 2.54. The zero-order valence-electron chi connectivity index (χ0n) is 11.9. The van der Waals surface area contributed by atoms with E-state index in [1.807, 2.05) is 4.90 Å². The molecule has 3 saturated carbocycles. The molecular weight excluding hydrogens is 325 g/mol. The van der Waals surface area contributed by atoms with Gasteiger partial charge in [-0.25, -0.2) is 4.79 Å². The van der Waals surface area contributed by atoms with E-state index < -0.39 is 6.03 Å². The largest absolute Gasteiger partial charge is 0.352 e. The maximum Gasteiger partial charge on any atom is 0.312 e. The number of carbonyl (C=O) groups excluding carboxylic acids is 2. The first-order valence-corrected chi connectivity index (χ1v) is 7.92. The Kier molecular flexibility index (Phi) is 3.95. The van der Waals surface area contributed by atoms with Crippen LogP contribution < -0.4 is 11.1 Å². The van der Waals surface area contributed by atoms with Gasteiger partial charge < -0.3 is 16.0 Å². The molecule has 0 radical (unpaired) electrons. The third kappa shape index (κ3) is 2.88. The van der Waals surface area contributed by atoms with Crippen molar-refractivity contribution >= 4 is 35.1 Å². The summed E-state index contributed by atoms with van der Waals surface area (Å²) in [5.41, 5.74) is 5.87. The quantitative estimate of drug-likeness (QED) is 0.863. The van der Waals surface area contributed by atoms with Crippen LogP contribution in [0.1, 0.15) is 24.8 Å². The molecule has 3 aliphatic rings. The third-order valence-corrected chi connectivity index (χ3v) is 4.99. The third-order valence-electron chi connectivity index (χ3n) is 4.56. The normalized spacial score (nSPS) is 24.9. The summed E-state index contributed by atoms with van der Waals surface area (Å²) in [5, 5.41) is 3.46. The molecule has 0 unspecified atom stereocenters. The Labute approximate surface area is 138 Å². The van der Waals surface area contributed by atoms with Crippen LogP contribution in [0.25, 0.3) is 0 Å². The van der Waals surface area contributed by atoms with Gasteiger partial charge in [0.1, 0.15) is 0 Å². The number of halogens is 2. The Hall–Kier alpha value is -1.46. The molecule has 1 aromatic rings. The number of hydrogen-bond acceptors (Lipinski definition) is 2. The number of amides is 3. The zero-order valence-corrected chi connectivity index (χ0v) is 13.5. The van der Waals surface area contributed by atoms with E-state index in [0.29, 0.717) is 16.6 Å². The number of benzene rings is 1. The lowest BCUT2D eigenvalue weighted by molar-refractivity contribution is -0.173. The molecule has 4 rings (SSSR count). The monoisotopic (exact) mass is 341 g/mol. The van der Waals surface area contributed by atoms with Crippen molar-refractivity contribution in [3.05, 3.63) is 33.8 Å². The fraction of sp³-hybridized carbons (Fsp3) is 0.467. The van der Waals surface area contributed by atoms with Crippen molar-refractivity contribution in [1.82, 2.24) is 10.2 Å². The van der Waals surface area contributed by atoms with Gasteiger partial charge in [-0.1, -0.05) is 23.2 Å². The van der Waals surface area contributed by atoms with Crippen molar-refractivity contribution in [2.75, 3.05) is 6.54 Å². The number of nitrogens with two attached hydrogens (primary N) is 1. The smallest absolute Gasteiger partial charge is 0.312 e. The van der Waals surface area contributed by atoms with Gasteiger partial charge in [0.25, 0.3) is 0 Å². The Bertz CT molecular complexity index is 598. The van der Waals surface area contributed by atoms with Crippen LogP contribution in [-0.4, -0.2) is 28.9 Å². The average Bonchev–Trinajstić information content (AvgIpc) is 2.30. The molecule has 0 heterocycles. The van der Waals surface area contributed by atoms with Crippen LogP contribution >= 0.6 is 23.2 Å². The first kappa shape index (κ1) is 15.4. The van der Waals surface area contributed by atoms with E-state index >= 15 is 0 Å². The first-order valence-electron chi connectivity index (χ1n) is 7.17. The number of carbonyl (C=O) groups is 2. The van der Waals surface area contributed by atoms with E-state index in [0.717, 1.165) is 30.7 Å². The second-order valence-electron chi connectivity index (χ2n) is 6.18. The van der Waals surface area contributed by atoms with Gasteiger partial charge in [0.05, 0.1) is 6.54 Å². The van der Waals surface area contributed by atoms with Crippen LogP contribution in [0, 0.1) is 5.92 Å². The van der Waals surface area contributed by atoms with Gasteiger partial charge >= 0.3 is 6.03 Å². The molecule has 0 saturated heterocycles. The summed E-state index contributed by atoms with van der Waals surface area (Å²) in [4.78, 5) is 25.1. The van der Waals surface area contributed by atoms with Crippen LogP contribution in [0.3, 0.4) is 0 Å². The number of urea groups is 1. The molecule has 0 aliphatic heterocycles. The van der Waals surface area contributed by atoms with E-state index in [-0.39, 0.29) is 18.0 Å². The number of nitrogens with zero attached hydrogens (tertiary/aromatic N) is 1. The Morgan fingerprint density at radius 1 is 1.23 bits per heavy atom. The molecule has 2 bridgehead atoms. The highest BCUT2D eigenvalue weighted by atomic mass is 35.5. The lowest BCUT2D eigenvalue weighted by Gasteiger charge is -2.66. The van der Waals surface area contributed by atoms with E-state index in [4.69, 9.17) is 28.9 Å². The zero-order chi connectivity index (χ0) is 15.9. The Morgan fingerprint density at radius 3 is 2.27 bits per heavy atom. The van der Waals surface area contributed by atoms with Crippen molar-refractivity contribution in [3.63, 3.8) is 0 Å². The molecule has 3 fully saturated rings. The van der Waals surface area contributed by atoms with E-state index in [2.05, 4.69) is 5.32 Å². The van der Waals surface area contributed by atoms with Crippen molar-refractivity contribution in [2.45, 2.75) is 31.3 Å². The summed E-state index contributed by atoms with van der Waals surface area (Å²) in [5.74, 6) is 0.607. The second-order valence-corrected chi connectivity index (χ2v) is 7.05. The van der Waals surface area contributed by atoms with Crippen LogP contribution in [0.15, 0.2) is 18.2 Å². The van der Waals surface area contributed by atoms with Crippen LogP contribution in [0.4, 0.5) is 4.79 Å². The van der Waals surface area contributed by atoms with Gasteiger partial charge in [-0.2, -0.15) is 0 Å². The molecule has 5 nitrogen and oxygen atoms in total.